The largest absolute Gasteiger partial charge is 0.508 e. The monoisotopic (exact) mass is 275 g/mol. The quantitative estimate of drug-likeness (QED) is 0.432. The molecule has 104 valence electrons. The van der Waals surface area contributed by atoms with Crippen LogP contribution in [0.3, 0.4) is 0 Å². The number of phenolic OH excluding ortho intramolecular Hbond substituents is 4. The maximum absolute atomic E-state index is 11.8. The van der Waals surface area contributed by atoms with Crippen molar-refractivity contribution in [3.63, 3.8) is 0 Å². The fourth-order valence-corrected chi connectivity index (χ4v) is 1.71. The van der Waals surface area contributed by atoms with Crippen molar-refractivity contribution in [2.24, 2.45) is 0 Å². The van der Waals surface area contributed by atoms with E-state index in [9.17, 15) is 25.2 Å². The Bertz CT molecular complexity index is 599. The van der Waals surface area contributed by atoms with Crippen LogP contribution in [0.1, 0.15) is 5.56 Å². The van der Waals surface area contributed by atoms with E-state index in [2.05, 4.69) is 5.32 Å². The van der Waals surface area contributed by atoms with E-state index < -0.39 is 5.91 Å². The first kappa shape index (κ1) is 13.5. The average molecular weight is 275 g/mol. The Morgan fingerprint density at radius 3 is 2.20 bits per heavy atom. The highest BCUT2D eigenvalue weighted by atomic mass is 16.3. The number of phenols is 4. The van der Waals surface area contributed by atoms with Crippen LogP contribution >= 0.6 is 0 Å². The molecule has 0 aliphatic carbocycles. The Labute approximate surface area is 114 Å². The number of amides is 1. The van der Waals surface area contributed by atoms with E-state index in [1.165, 1.54) is 36.4 Å². The predicted octanol–water partition coefficient (Wildman–Crippen LogP) is 1.69. The lowest BCUT2D eigenvalue weighted by Gasteiger charge is -2.09. The predicted molar refractivity (Wildman–Crippen MR) is 71.9 cm³/mol. The summed E-state index contributed by atoms with van der Waals surface area (Å²) in [5, 5.41) is 40.1. The Hall–Kier alpha value is -2.89. The van der Waals surface area contributed by atoms with Gasteiger partial charge in [0, 0.05) is 11.6 Å². The molecule has 2 aromatic carbocycles. The van der Waals surface area contributed by atoms with E-state index >= 15 is 0 Å². The van der Waals surface area contributed by atoms with Gasteiger partial charge in [-0.3, -0.25) is 4.79 Å². The SMILES string of the molecule is O=C(Cc1cc(O)ccc1O)Nc1cc(O)ccc1O. The summed E-state index contributed by atoms with van der Waals surface area (Å²) in [4.78, 5) is 11.8. The minimum atomic E-state index is -0.508. The van der Waals surface area contributed by atoms with Crippen LogP contribution in [-0.2, 0) is 11.2 Å². The van der Waals surface area contributed by atoms with E-state index in [-0.39, 0.29) is 40.7 Å². The van der Waals surface area contributed by atoms with Crippen LogP contribution < -0.4 is 5.32 Å². The number of hydrogen-bond acceptors (Lipinski definition) is 5. The molecule has 0 aliphatic rings. The number of carbonyl (C=O) groups excluding carboxylic acids is 1. The number of anilines is 1. The van der Waals surface area contributed by atoms with Gasteiger partial charge in [-0.25, -0.2) is 0 Å². The molecule has 6 nitrogen and oxygen atoms in total. The van der Waals surface area contributed by atoms with Crippen LogP contribution in [0.4, 0.5) is 5.69 Å². The maximum Gasteiger partial charge on any atom is 0.229 e. The Balaban J connectivity index is 2.13. The minimum Gasteiger partial charge on any atom is -0.508 e. The third-order valence-corrected chi connectivity index (χ3v) is 2.67. The van der Waals surface area contributed by atoms with Crippen molar-refractivity contribution >= 4 is 11.6 Å². The summed E-state index contributed by atoms with van der Waals surface area (Å²) in [5.41, 5.74) is 0.316. The second-order valence-electron chi connectivity index (χ2n) is 4.24. The molecule has 20 heavy (non-hydrogen) atoms. The fourth-order valence-electron chi connectivity index (χ4n) is 1.71. The topological polar surface area (TPSA) is 110 Å². The molecule has 0 aromatic heterocycles. The van der Waals surface area contributed by atoms with Gasteiger partial charge in [-0.05, 0) is 30.3 Å². The van der Waals surface area contributed by atoms with Gasteiger partial charge in [0.15, 0.2) is 0 Å². The van der Waals surface area contributed by atoms with E-state index in [1.807, 2.05) is 0 Å². The molecule has 0 saturated heterocycles. The molecule has 0 aliphatic heterocycles. The molecule has 0 unspecified atom stereocenters. The molecular weight excluding hydrogens is 262 g/mol. The number of benzene rings is 2. The van der Waals surface area contributed by atoms with Crippen molar-refractivity contribution in [3.8, 4) is 23.0 Å². The van der Waals surface area contributed by atoms with Crippen molar-refractivity contribution in [1.82, 2.24) is 0 Å². The van der Waals surface area contributed by atoms with Gasteiger partial charge in [0.2, 0.25) is 5.91 Å². The molecule has 0 radical (unpaired) electrons. The number of carbonyl (C=O) groups is 1. The Morgan fingerprint density at radius 1 is 0.900 bits per heavy atom. The third-order valence-electron chi connectivity index (χ3n) is 2.67. The minimum absolute atomic E-state index is 0.0641. The standard InChI is InChI=1S/C14H13NO5/c16-9-1-3-12(18)8(5-9)6-14(20)15-11-7-10(17)2-4-13(11)19/h1-5,7,16-19H,6H2,(H,15,20). The summed E-state index contributed by atoms with van der Waals surface area (Å²) >= 11 is 0. The molecule has 0 fully saturated rings. The summed E-state index contributed by atoms with van der Waals surface area (Å²) in [6.07, 6.45) is -0.185. The first-order chi connectivity index (χ1) is 9.45. The van der Waals surface area contributed by atoms with Crippen LogP contribution in [0.2, 0.25) is 0 Å². The summed E-state index contributed by atoms with van der Waals surface area (Å²) in [7, 11) is 0. The van der Waals surface area contributed by atoms with E-state index in [0.29, 0.717) is 0 Å². The molecular formula is C14H13NO5. The molecule has 6 heteroatoms. The van der Waals surface area contributed by atoms with Crippen LogP contribution in [0.25, 0.3) is 0 Å². The van der Waals surface area contributed by atoms with Gasteiger partial charge in [0.25, 0.3) is 0 Å². The second kappa shape index (κ2) is 5.40. The molecule has 5 N–H and O–H groups in total. The van der Waals surface area contributed by atoms with Crippen molar-refractivity contribution in [2.45, 2.75) is 6.42 Å². The molecule has 0 atom stereocenters. The van der Waals surface area contributed by atoms with Gasteiger partial charge in [-0.1, -0.05) is 0 Å². The van der Waals surface area contributed by atoms with Crippen LogP contribution in [0.5, 0.6) is 23.0 Å². The molecule has 2 aromatic rings. The normalized spacial score (nSPS) is 10.2. The fraction of sp³-hybridized carbons (Fsp3) is 0.0714. The van der Waals surface area contributed by atoms with Gasteiger partial charge in [-0.2, -0.15) is 0 Å². The summed E-state index contributed by atoms with van der Waals surface area (Å²) in [6.45, 7) is 0. The number of rotatable bonds is 3. The lowest BCUT2D eigenvalue weighted by atomic mass is 10.1. The van der Waals surface area contributed by atoms with Gasteiger partial charge >= 0.3 is 0 Å². The highest BCUT2D eigenvalue weighted by Gasteiger charge is 2.11. The van der Waals surface area contributed by atoms with Crippen molar-refractivity contribution < 1.29 is 25.2 Å². The maximum atomic E-state index is 11.8. The van der Waals surface area contributed by atoms with E-state index in [4.69, 9.17) is 0 Å². The van der Waals surface area contributed by atoms with Crippen molar-refractivity contribution in [1.29, 1.82) is 0 Å². The lowest BCUT2D eigenvalue weighted by Crippen LogP contribution is -2.14. The Morgan fingerprint density at radius 2 is 1.50 bits per heavy atom. The number of aromatic hydroxyl groups is 4. The molecule has 0 heterocycles. The van der Waals surface area contributed by atoms with Crippen molar-refractivity contribution in [3.05, 3.63) is 42.0 Å². The molecule has 1 amide bonds. The number of hydrogen-bond donors (Lipinski definition) is 5. The molecule has 0 bridgehead atoms. The summed E-state index contributed by atoms with van der Waals surface area (Å²) in [5.74, 6) is -0.967. The molecule has 0 spiro atoms. The first-order valence-electron chi connectivity index (χ1n) is 5.78. The zero-order valence-corrected chi connectivity index (χ0v) is 10.4. The van der Waals surface area contributed by atoms with Gasteiger partial charge in [-0.15, -0.1) is 0 Å². The Kier molecular flexibility index (Phi) is 3.65. The van der Waals surface area contributed by atoms with E-state index in [1.54, 1.807) is 0 Å². The van der Waals surface area contributed by atoms with Crippen molar-refractivity contribution in [2.75, 3.05) is 5.32 Å². The van der Waals surface area contributed by atoms with Gasteiger partial charge in [0.05, 0.1) is 12.1 Å². The van der Waals surface area contributed by atoms with Crippen LogP contribution in [0.15, 0.2) is 36.4 Å². The van der Waals surface area contributed by atoms with Crippen LogP contribution in [-0.4, -0.2) is 26.3 Å². The highest BCUT2D eigenvalue weighted by Crippen LogP contribution is 2.28. The molecule has 0 saturated carbocycles. The lowest BCUT2D eigenvalue weighted by molar-refractivity contribution is -0.115. The average Bonchev–Trinajstić information content (AvgIpc) is 2.38. The zero-order valence-electron chi connectivity index (χ0n) is 10.4. The van der Waals surface area contributed by atoms with Crippen LogP contribution in [0, 0.1) is 0 Å². The second-order valence-corrected chi connectivity index (χ2v) is 4.24. The summed E-state index contributed by atoms with van der Waals surface area (Å²) in [6, 6.07) is 7.59. The third kappa shape index (κ3) is 3.11. The number of nitrogens with one attached hydrogen (secondary N) is 1. The first-order valence-corrected chi connectivity index (χ1v) is 5.78. The van der Waals surface area contributed by atoms with Gasteiger partial charge in [0.1, 0.15) is 23.0 Å². The molecule has 2 rings (SSSR count). The highest BCUT2D eigenvalue weighted by molar-refractivity contribution is 5.94. The zero-order chi connectivity index (χ0) is 14.7. The van der Waals surface area contributed by atoms with E-state index in [0.717, 1.165) is 0 Å². The van der Waals surface area contributed by atoms with Gasteiger partial charge < -0.3 is 25.7 Å². The smallest absolute Gasteiger partial charge is 0.229 e. The summed E-state index contributed by atoms with van der Waals surface area (Å²) < 4.78 is 0.